The van der Waals surface area contributed by atoms with Crippen molar-refractivity contribution >= 4 is 5.78 Å². The van der Waals surface area contributed by atoms with Gasteiger partial charge in [-0.3, -0.25) is 4.79 Å². The Hall–Kier alpha value is -0.410. The van der Waals surface area contributed by atoms with Crippen LogP contribution < -0.4 is 5.32 Å². The lowest BCUT2D eigenvalue weighted by atomic mass is 9.96. The number of ether oxygens (including phenoxy) is 1. The number of nitrogens with one attached hydrogen (secondary N) is 1. The summed E-state index contributed by atoms with van der Waals surface area (Å²) < 4.78 is 5.32. The third-order valence-corrected chi connectivity index (χ3v) is 2.83. The van der Waals surface area contributed by atoms with E-state index in [4.69, 9.17) is 4.74 Å². The van der Waals surface area contributed by atoms with E-state index in [-0.39, 0.29) is 6.04 Å². The molecule has 1 saturated heterocycles. The van der Waals surface area contributed by atoms with Crippen molar-refractivity contribution in [3.05, 3.63) is 0 Å². The van der Waals surface area contributed by atoms with E-state index in [1.54, 1.807) is 0 Å². The molecule has 1 aliphatic rings. The SMILES string of the molecule is CCCC(C)CC(=O)CC1COCCN1. The van der Waals surface area contributed by atoms with Crippen LogP contribution >= 0.6 is 0 Å². The van der Waals surface area contributed by atoms with Crippen molar-refractivity contribution in [3.8, 4) is 0 Å². The number of carbonyl (C=O) groups is 1. The van der Waals surface area contributed by atoms with Gasteiger partial charge in [-0.15, -0.1) is 0 Å². The largest absolute Gasteiger partial charge is 0.379 e. The predicted molar refractivity (Wildman–Crippen MR) is 60.9 cm³/mol. The zero-order chi connectivity index (χ0) is 11.1. The fourth-order valence-electron chi connectivity index (χ4n) is 2.09. The summed E-state index contributed by atoms with van der Waals surface area (Å²) in [7, 11) is 0. The first-order chi connectivity index (χ1) is 7.22. The molecule has 0 aromatic heterocycles. The number of hydrogen-bond donors (Lipinski definition) is 1. The maximum atomic E-state index is 11.7. The second kappa shape index (κ2) is 6.96. The summed E-state index contributed by atoms with van der Waals surface area (Å²) in [6.07, 6.45) is 3.68. The Morgan fingerprint density at radius 2 is 2.40 bits per heavy atom. The molecule has 2 unspecified atom stereocenters. The first-order valence-corrected chi connectivity index (χ1v) is 6.05. The van der Waals surface area contributed by atoms with Crippen LogP contribution in [0.5, 0.6) is 0 Å². The summed E-state index contributed by atoms with van der Waals surface area (Å²) in [5.41, 5.74) is 0. The smallest absolute Gasteiger partial charge is 0.134 e. The number of rotatable bonds is 6. The Balaban J connectivity index is 2.16. The number of Topliss-reactive ketones (excluding diaryl/α,β-unsaturated/α-hetero) is 1. The molecule has 3 nitrogen and oxygen atoms in total. The average molecular weight is 213 g/mol. The Kier molecular flexibility index (Phi) is 5.88. The van der Waals surface area contributed by atoms with Crippen molar-refractivity contribution in [2.45, 2.75) is 45.6 Å². The molecule has 1 N–H and O–H groups in total. The summed E-state index contributed by atoms with van der Waals surface area (Å²) in [4.78, 5) is 11.7. The molecular formula is C12H23NO2. The van der Waals surface area contributed by atoms with Crippen molar-refractivity contribution in [1.82, 2.24) is 5.32 Å². The van der Waals surface area contributed by atoms with Gasteiger partial charge in [-0.1, -0.05) is 26.7 Å². The van der Waals surface area contributed by atoms with Crippen LogP contribution in [0.2, 0.25) is 0 Å². The van der Waals surface area contributed by atoms with Crippen molar-refractivity contribution in [2.75, 3.05) is 19.8 Å². The summed E-state index contributed by atoms with van der Waals surface area (Å²) in [5, 5.41) is 3.31. The van der Waals surface area contributed by atoms with Crippen LogP contribution in [0, 0.1) is 5.92 Å². The van der Waals surface area contributed by atoms with Crippen LogP contribution in [0.25, 0.3) is 0 Å². The second-order valence-electron chi connectivity index (χ2n) is 4.57. The van der Waals surface area contributed by atoms with Crippen LogP contribution in [-0.4, -0.2) is 31.6 Å². The Labute approximate surface area is 92.6 Å². The molecule has 3 heteroatoms. The molecular weight excluding hydrogens is 190 g/mol. The minimum Gasteiger partial charge on any atom is -0.379 e. The monoisotopic (exact) mass is 213 g/mol. The minimum atomic E-state index is 0.250. The Bertz CT molecular complexity index is 188. The van der Waals surface area contributed by atoms with Crippen molar-refractivity contribution in [2.24, 2.45) is 5.92 Å². The van der Waals surface area contributed by atoms with Gasteiger partial charge in [-0.25, -0.2) is 0 Å². The fraction of sp³-hybridized carbons (Fsp3) is 0.917. The highest BCUT2D eigenvalue weighted by molar-refractivity contribution is 5.79. The number of ketones is 1. The van der Waals surface area contributed by atoms with Gasteiger partial charge in [0.2, 0.25) is 0 Å². The highest BCUT2D eigenvalue weighted by Gasteiger charge is 2.17. The van der Waals surface area contributed by atoms with E-state index in [2.05, 4.69) is 19.2 Å². The van der Waals surface area contributed by atoms with Gasteiger partial charge < -0.3 is 10.1 Å². The van der Waals surface area contributed by atoms with E-state index in [0.717, 1.165) is 26.0 Å². The molecule has 0 aromatic rings. The Morgan fingerprint density at radius 3 is 3.00 bits per heavy atom. The molecule has 0 bridgehead atoms. The summed E-state index contributed by atoms with van der Waals surface area (Å²) in [6.45, 7) is 6.66. The standard InChI is InChI=1S/C12H23NO2/c1-3-4-10(2)7-12(14)8-11-9-15-6-5-13-11/h10-11,13H,3-9H2,1-2H3. The van der Waals surface area contributed by atoms with E-state index in [0.29, 0.717) is 24.7 Å². The minimum absolute atomic E-state index is 0.250. The van der Waals surface area contributed by atoms with Crippen molar-refractivity contribution in [1.29, 1.82) is 0 Å². The zero-order valence-electron chi connectivity index (χ0n) is 9.92. The molecule has 0 radical (unpaired) electrons. The number of carbonyl (C=O) groups excluding carboxylic acids is 1. The number of morpholine rings is 1. The van der Waals surface area contributed by atoms with Gasteiger partial charge in [0.15, 0.2) is 0 Å². The average Bonchev–Trinajstić information content (AvgIpc) is 2.19. The van der Waals surface area contributed by atoms with E-state index in [1.165, 1.54) is 6.42 Å². The van der Waals surface area contributed by atoms with E-state index < -0.39 is 0 Å². The van der Waals surface area contributed by atoms with Gasteiger partial charge in [0.05, 0.1) is 13.2 Å². The van der Waals surface area contributed by atoms with Crippen LogP contribution in [-0.2, 0) is 9.53 Å². The van der Waals surface area contributed by atoms with Gasteiger partial charge in [0.1, 0.15) is 5.78 Å². The van der Waals surface area contributed by atoms with Crippen molar-refractivity contribution in [3.63, 3.8) is 0 Å². The van der Waals surface area contributed by atoms with Gasteiger partial charge in [-0.05, 0) is 5.92 Å². The lowest BCUT2D eigenvalue weighted by Crippen LogP contribution is -2.42. The van der Waals surface area contributed by atoms with Crippen molar-refractivity contribution < 1.29 is 9.53 Å². The lowest BCUT2D eigenvalue weighted by molar-refractivity contribution is -0.121. The van der Waals surface area contributed by atoms with Crippen LogP contribution in [0.1, 0.15) is 39.5 Å². The van der Waals surface area contributed by atoms with Crippen LogP contribution in [0.15, 0.2) is 0 Å². The first-order valence-electron chi connectivity index (χ1n) is 6.05. The maximum absolute atomic E-state index is 11.7. The zero-order valence-corrected chi connectivity index (χ0v) is 9.92. The summed E-state index contributed by atoms with van der Waals surface area (Å²) in [5.74, 6) is 0.908. The molecule has 2 atom stereocenters. The van der Waals surface area contributed by atoms with E-state index in [1.807, 2.05) is 0 Å². The molecule has 1 rings (SSSR count). The molecule has 0 aromatic carbocycles. The molecule has 0 aliphatic carbocycles. The Morgan fingerprint density at radius 1 is 1.60 bits per heavy atom. The molecule has 0 spiro atoms. The molecule has 1 fully saturated rings. The predicted octanol–water partition coefficient (Wildman–Crippen LogP) is 1.76. The molecule has 0 amide bonds. The molecule has 1 aliphatic heterocycles. The third kappa shape index (κ3) is 5.28. The summed E-state index contributed by atoms with van der Waals surface area (Å²) >= 11 is 0. The van der Waals surface area contributed by atoms with Gasteiger partial charge >= 0.3 is 0 Å². The molecule has 0 saturated carbocycles. The van der Waals surface area contributed by atoms with Crippen LogP contribution in [0.4, 0.5) is 0 Å². The van der Waals surface area contributed by atoms with Crippen LogP contribution in [0.3, 0.4) is 0 Å². The van der Waals surface area contributed by atoms with E-state index >= 15 is 0 Å². The molecule has 88 valence electrons. The lowest BCUT2D eigenvalue weighted by Gasteiger charge is -2.23. The fourth-order valence-corrected chi connectivity index (χ4v) is 2.09. The maximum Gasteiger partial charge on any atom is 0.134 e. The van der Waals surface area contributed by atoms with Gasteiger partial charge in [0.25, 0.3) is 0 Å². The third-order valence-electron chi connectivity index (χ3n) is 2.83. The van der Waals surface area contributed by atoms with Gasteiger partial charge in [-0.2, -0.15) is 0 Å². The molecule has 15 heavy (non-hydrogen) atoms. The topological polar surface area (TPSA) is 38.3 Å². The quantitative estimate of drug-likeness (QED) is 0.730. The molecule has 1 heterocycles. The highest BCUT2D eigenvalue weighted by atomic mass is 16.5. The van der Waals surface area contributed by atoms with Gasteiger partial charge in [0, 0.05) is 25.4 Å². The normalized spacial score (nSPS) is 23.7. The van der Waals surface area contributed by atoms with E-state index in [9.17, 15) is 4.79 Å². The summed E-state index contributed by atoms with van der Waals surface area (Å²) in [6, 6.07) is 0.250. The number of hydrogen-bond acceptors (Lipinski definition) is 3. The highest BCUT2D eigenvalue weighted by Crippen LogP contribution is 2.12. The first kappa shape index (κ1) is 12.7. The second-order valence-corrected chi connectivity index (χ2v) is 4.57.